The number of carboxylic acids is 1. The Balaban J connectivity index is 0.000000493. The van der Waals surface area contributed by atoms with Gasteiger partial charge in [-0.3, -0.25) is 4.57 Å². The molecule has 0 atom stereocenters. The largest absolute Gasteiger partial charge is 0.490 e. The van der Waals surface area contributed by atoms with Crippen LogP contribution in [-0.2, 0) is 15.1 Å². The molecule has 0 aliphatic carbocycles. The van der Waals surface area contributed by atoms with Gasteiger partial charge in [0.15, 0.2) is 28.6 Å². The first kappa shape index (κ1) is 30.5. The number of fused-ring (bicyclic) bond motifs is 2. The summed E-state index contributed by atoms with van der Waals surface area (Å²) < 4.78 is 81.0. The Morgan fingerprint density at radius 2 is 1.73 bits per heavy atom. The van der Waals surface area contributed by atoms with Gasteiger partial charge in [0.2, 0.25) is 5.95 Å². The molecule has 1 aliphatic rings. The van der Waals surface area contributed by atoms with E-state index in [-0.39, 0.29) is 11.3 Å². The predicted molar refractivity (Wildman–Crippen MR) is 146 cm³/mol. The lowest BCUT2D eigenvalue weighted by Crippen LogP contribution is -2.38. The number of nitrogens with zero attached hydrogens (tertiary/aromatic N) is 6. The van der Waals surface area contributed by atoms with Gasteiger partial charge in [-0.2, -0.15) is 23.1 Å². The molecule has 1 saturated heterocycles. The zero-order valence-corrected chi connectivity index (χ0v) is 23.1. The molecule has 4 heterocycles. The molecule has 0 unspecified atom stereocenters. The molecule has 44 heavy (non-hydrogen) atoms. The monoisotopic (exact) mass is 622 g/mol. The Morgan fingerprint density at radius 3 is 2.39 bits per heavy atom. The number of hydrogen-bond acceptors (Lipinski definition) is 8. The summed E-state index contributed by atoms with van der Waals surface area (Å²) >= 11 is 0. The summed E-state index contributed by atoms with van der Waals surface area (Å²) in [7, 11) is 0. The molecule has 2 aromatic carbocycles. The molecular weight excluding hydrogens is 598 g/mol. The number of aromatic nitrogens is 6. The van der Waals surface area contributed by atoms with Crippen LogP contribution in [0.1, 0.15) is 19.7 Å². The molecule has 6 rings (SSSR count). The Hall–Kier alpha value is -4.93. The minimum atomic E-state index is -5.08. The van der Waals surface area contributed by atoms with Crippen molar-refractivity contribution in [2.24, 2.45) is 0 Å². The molecular formula is C27H24F6N8O3. The molecule has 0 bridgehead atoms. The summed E-state index contributed by atoms with van der Waals surface area (Å²) in [5.41, 5.74) is 0.909. The highest BCUT2D eigenvalue weighted by Gasteiger charge is 2.38. The van der Waals surface area contributed by atoms with E-state index in [2.05, 4.69) is 20.3 Å². The van der Waals surface area contributed by atoms with Crippen molar-refractivity contribution in [3.8, 4) is 5.69 Å². The normalized spacial score (nSPS) is 14.0. The van der Waals surface area contributed by atoms with Gasteiger partial charge in [0.1, 0.15) is 23.5 Å². The van der Waals surface area contributed by atoms with E-state index in [1.165, 1.54) is 18.2 Å². The number of H-pyrrole nitrogens is 1. The van der Waals surface area contributed by atoms with E-state index in [0.29, 0.717) is 66.3 Å². The number of morpholine rings is 1. The highest BCUT2D eigenvalue weighted by Crippen LogP contribution is 2.31. The minimum Gasteiger partial charge on any atom is -0.475 e. The average molecular weight is 623 g/mol. The van der Waals surface area contributed by atoms with E-state index in [9.17, 15) is 26.3 Å². The van der Waals surface area contributed by atoms with Gasteiger partial charge in [-0.25, -0.2) is 27.9 Å². The van der Waals surface area contributed by atoms with Gasteiger partial charge in [-0.1, -0.05) is 6.07 Å². The number of nitrogens with one attached hydrogen (secondary N) is 2. The number of aliphatic carboxylic acids is 1. The number of hydrogen-bond donors (Lipinski definition) is 3. The van der Waals surface area contributed by atoms with Crippen molar-refractivity contribution in [1.29, 1.82) is 0 Å². The van der Waals surface area contributed by atoms with Gasteiger partial charge in [-0.15, -0.1) is 0 Å². The maximum Gasteiger partial charge on any atom is 0.490 e. The van der Waals surface area contributed by atoms with Crippen LogP contribution in [0.25, 0.3) is 27.9 Å². The van der Waals surface area contributed by atoms with E-state index in [0.717, 1.165) is 6.07 Å². The van der Waals surface area contributed by atoms with Crippen LogP contribution in [-0.4, -0.2) is 73.0 Å². The Labute approximate surface area is 244 Å². The van der Waals surface area contributed by atoms with Gasteiger partial charge in [0, 0.05) is 13.1 Å². The number of halogens is 6. The Bertz CT molecular complexity index is 1830. The standard InChI is InChI=1S/C25H23F3N8O.C2HF3O2/c1-25(2,23-30-17-7-6-16(27)18(28)19(17)31-23)34-21-20-22(33-24(32-21)35-8-10-37-11-9-35)36(13-29-20)15-5-3-4-14(26)12-15;3-2(4,5)1(6)7/h3-7,12-13H,8-11H2,1-2H3,(H,30,31)(H,32,33,34);(H,6,7). The van der Waals surface area contributed by atoms with Crippen molar-refractivity contribution in [3.63, 3.8) is 0 Å². The van der Waals surface area contributed by atoms with Gasteiger partial charge < -0.3 is 25.0 Å². The maximum absolute atomic E-state index is 14.3. The lowest BCUT2D eigenvalue weighted by molar-refractivity contribution is -0.192. The summed E-state index contributed by atoms with van der Waals surface area (Å²) in [5, 5.41) is 10.5. The quantitative estimate of drug-likeness (QED) is 0.234. The van der Waals surface area contributed by atoms with E-state index < -0.39 is 29.3 Å². The van der Waals surface area contributed by atoms with Crippen LogP contribution in [0, 0.1) is 17.5 Å². The third-order valence-electron chi connectivity index (χ3n) is 6.58. The zero-order valence-electron chi connectivity index (χ0n) is 23.1. The molecule has 17 heteroatoms. The average Bonchev–Trinajstić information content (AvgIpc) is 3.61. The number of rotatable bonds is 5. The summed E-state index contributed by atoms with van der Waals surface area (Å²) in [5.74, 6) is -3.85. The third kappa shape index (κ3) is 6.22. The first-order chi connectivity index (χ1) is 20.7. The smallest absolute Gasteiger partial charge is 0.475 e. The SMILES string of the molecule is CC(C)(Nc1nc(N2CCOCC2)nc2c1ncn2-c1cccc(F)c1)c1nc2c(F)c(F)ccc2[nH]1.O=C(O)C(F)(F)F. The Morgan fingerprint density at radius 1 is 1.02 bits per heavy atom. The molecule has 0 radical (unpaired) electrons. The van der Waals surface area contributed by atoms with Crippen molar-refractivity contribution >= 4 is 39.9 Å². The molecule has 1 fully saturated rings. The van der Waals surface area contributed by atoms with Crippen molar-refractivity contribution in [3.05, 3.63) is 66.0 Å². The molecule has 11 nitrogen and oxygen atoms in total. The number of carbonyl (C=O) groups is 1. The molecule has 3 aromatic heterocycles. The van der Waals surface area contributed by atoms with Crippen LogP contribution in [0.2, 0.25) is 0 Å². The first-order valence-corrected chi connectivity index (χ1v) is 13.0. The van der Waals surface area contributed by atoms with Crippen molar-refractivity contribution < 1.29 is 41.0 Å². The summed E-state index contributed by atoms with van der Waals surface area (Å²) in [6.07, 6.45) is -3.52. The molecule has 5 aromatic rings. The zero-order chi connectivity index (χ0) is 31.8. The fraction of sp³-hybridized carbons (Fsp3) is 0.296. The lowest BCUT2D eigenvalue weighted by Gasteiger charge is -2.29. The van der Waals surface area contributed by atoms with Gasteiger partial charge in [0.25, 0.3) is 0 Å². The molecule has 1 aliphatic heterocycles. The van der Waals surface area contributed by atoms with Crippen molar-refractivity contribution in [2.45, 2.75) is 25.6 Å². The minimum absolute atomic E-state index is 0.0814. The molecule has 0 amide bonds. The number of imidazole rings is 2. The number of ether oxygens (including phenoxy) is 1. The highest BCUT2D eigenvalue weighted by atomic mass is 19.4. The number of anilines is 2. The highest BCUT2D eigenvalue weighted by molar-refractivity contribution is 5.86. The van der Waals surface area contributed by atoms with E-state index >= 15 is 0 Å². The van der Waals surface area contributed by atoms with Gasteiger partial charge >= 0.3 is 12.1 Å². The number of benzene rings is 2. The van der Waals surface area contributed by atoms with Crippen molar-refractivity contribution in [2.75, 3.05) is 36.5 Å². The fourth-order valence-electron chi connectivity index (χ4n) is 4.36. The van der Waals surface area contributed by atoms with Gasteiger partial charge in [-0.05, 0) is 44.2 Å². The second-order valence-electron chi connectivity index (χ2n) is 10.1. The second kappa shape index (κ2) is 11.6. The van der Waals surface area contributed by atoms with Crippen LogP contribution in [0.3, 0.4) is 0 Å². The summed E-state index contributed by atoms with van der Waals surface area (Å²) in [4.78, 5) is 32.4. The molecule has 232 valence electrons. The molecule has 3 N–H and O–H groups in total. The number of aromatic amines is 1. The maximum atomic E-state index is 14.3. The molecule has 0 saturated carbocycles. The second-order valence-corrected chi connectivity index (χ2v) is 10.1. The van der Waals surface area contributed by atoms with Crippen molar-refractivity contribution in [1.82, 2.24) is 29.5 Å². The van der Waals surface area contributed by atoms with E-state index in [1.807, 2.05) is 18.7 Å². The Kier molecular flexibility index (Phi) is 8.07. The van der Waals surface area contributed by atoms with Crippen LogP contribution in [0.15, 0.2) is 42.7 Å². The number of carboxylic acid groups (broad SMARTS) is 1. The molecule has 0 spiro atoms. The number of alkyl halides is 3. The predicted octanol–water partition coefficient (Wildman–Crippen LogP) is 4.93. The summed E-state index contributed by atoms with van der Waals surface area (Å²) in [6.45, 7) is 5.98. The first-order valence-electron chi connectivity index (χ1n) is 13.0. The van der Waals surface area contributed by atoms with Crippen LogP contribution < -0.4 is 10.2 Å². The lowest BCUT2D eigenvalue weighted by atomic mass is 10.1. The van der Waals surface area contributed by atoms with Crippen LogP contribution >= 0.6 is 0 Å². The van der Waals surface area contributed by atoms with Gasteiger partial charge in [0.05, 0.1) is 30.0 Å². The summed E-state index contributed by atoms with van der Waals surface area (Å²) in [6, 6.07) is 8.65. The van der Waals surface area contributed by atoms with Crippen LogP contribution in [0.5, 0.6) is 0 Å². The van der Waals surface area contributed by atoms with E-state index in [4.69, 9.17) is 24.6 Å². The topological polar surface area (TPSA) is 134 Å². The van der Waals surface area contributed by atoms with E-state index in [1.54, 1.807) is 23.0 Å². The third-order valence-corrected chi connectivity index (χ3v) is 6.58. The fourth-order valence-corrected chi connectivity index (χ4v) is 4.36. The van der Waals surface area contributed by atoms with Crippen LogP contribution in [0.4, 0.5) is 38.1 Å².